The maximum Gasteiger partial charge on any atom is 0.258 e. The fraction of sp³-hybridized carbons (Fsp3) is 0.400. The van der Waals surface area contributed by atoms with Crippen molar-refractivity contribution in [1.29, 1.82) is 0 Å². The Bertz CT molecular complexity index is 733. The Labute approximate surface area is 164 Å². The average Bonchev–Trinajstić information content (AvgIpc) is 3.08. The van der Waals surface area contributed by atoms with Crippen LogP contribution in [-0.2, 0) is 16.1 Å². The molecule has 0 bridgehead atoms. The van der Waals surface area contributed by atoms with Crippen molar-refractivity contribution in [2.45, 2.75) is 25.9 Å². The maximum atomic E-state index is 12.8. The van der Waals surface area contributed by atoms with Gasteiger partial charge < -0.3 is 19.4 Å². The zero-order valence-electron chi connectivity index (χ0n) is 15.9. The number of furan rings is 1. The molecular formula is C20H26N2O4S. The number of aryl methyl sites for hydroxylation is 1. The molecule has 1 aromatic heterocycles. The summed E-state index contributed by atoms with van der Waals surface area (Å²) in [6, 6.07) is 12.2. The molecule has 0 radical (unpaired) electrons. The Morgan fingerprint density at radius 3 is 2.59 bits per heavy atom. The summed E-state index contributed by atoms with van der Waals surface area (Å²) in [5.41, 5.74) is 0. The summed E-state index contributed by atoms with van der Waals surface area (Å²) in [5.74, 6) is 2.43. The number of amides is 2. The van der Waals surface area contributed by atoms with Gasteiger partial charge in [-0.3, -0.25) is 9.59 Å². The van der Waals surface area contributed by atoms with Crippen LogP contribution >= 0.6 is 11.8 Å². The van der Waals surface area contributed by atoms with Crippen LogP contribution < -0.4 is 10.1 Å². The molecule has 27 heavy (non-hydrogen) atoms. The topological polar surface area (TPSA) is 71.8 Å². The molecule has 2 amide bonds. The van der Waals surface area contributed by atoms with Crippen LogP contribution in [0, 0.1) is 6.92 Å². The number of hydrogen-bond donors (Lipinski definition) is 1. The molecule has 2 aromatic rings. The Morgan fingerprint density at radius 1 is 1.22 bits per heavy atom. The molecule has 1 heterocycles. The fourth-order valence-corrected chi connectivity index (χ4v) is 3.01. The number of likely N-dealkylation sites (N-methyl/N-ethyl adjacent to an activating group) is 1. The summed E-state index contributed by atoms with van der Waals surface area (Å²) in [6.07, 6.45) is 2.52. The number of benzene rings is 1. The Hall–Kier alpha value is -2.41. The third-order valence-corrected chi connectivity index (χ3v) is 4.57. The van der Waals surface area contributed by atoms with Crippen molar-refractivity contribution in [1.82, 2.24) is 10.2 Å². The third kappa shape index (κ3) is 7.02. The van der Waals surface area contributed by atoms with Gasteiger partial charge >= 0.3 is 0 Å². The van der Waals surface area contributed by atoms with Crippen molar-refractivity contribution < 1.29 is 18.7 Å². The minimum absolute atomic E-state index is 0.131. The molecule has 6 nitrogen and oxygen atoms in total. The van der Waals surface area contributed by atoms with Gasteiger partial charge in [-0.15, -0.1) is 0 Å². The number of thioether (sulfide) groups is 1. The van der Waals surface area contributed by atoms with E-state index in [0.717, 1.165) is 11.5 Å². The molecule has 1 N–H and O–H groups in total. The van der Waals surface area contributed by atoms with Gasteiger partial charge in [0, 0.05) is 7.05 Å². The summed E-state index contributed by atoms with van der Waals surface area (Å²) < 4.78 is 11.0. The summed E-state index contributed by atoms with van der Waals surface area (Å²) in [6.45, 7) is 2.09. The molecule has 0 aliphatic carbocycles. The van der Waals surface area contributed by atoms with Crippen LogP contribution in [0.2, 0.25) is 0 Å². The average molecular weight is 391 g/mol. The lowest BCUT2D eigenvalue weighted by Crippen LogP contribution is -2.48. The monoisotopic (exact) mass is 390 g/mol. The number of rotatable bonds is 10. The molecule has 0 aliphatic rings. The third-order valence-electron chi connectivity index (χ3n) is 3.92. The molecular weight excluding hydrogens is 364 g/mol. The van der Waals surface area contributed by atoms with Crippen molar-refractivity contribution in [2.24, 2.45) is 0 Å². The largest absolute Gasteiger partial charge is 0.484 e. The van der Waals surface area contributed by atoms with E-state index in [1.165, 1.54) is 0 Å². The lowest BCUT2D eigenvalue weighted by molar-refractivity contribution is -0.136. The number of carbonyl (C=O) groups is 2. The number of nitrogens with zero attached hydrogens (tertiary/aromatic N) is 1. The first-order valence-electron chi connectivity index (χ1n) is 8.76. The standard InChI is InChI=1S/C20H26N2O4S/c1-15-9-10-17(26-15)13-22(2)20(24)18(11-12-27-3)21-19(23)14-25-16-7-5-4-6-8-16/h4-10,18H,11-14H2,1-3H3,(H,21,23). The quantitative estimate of drug-likeness (QED) is 0.675. The smallest absolute Gasteiger partial charge is 0.258 e. The van der Waals surface area contributed by atoms with Gasteiger partial charge in [0.1, 0.15) is 23.3 Å². The molecule has 0 aliphatic heterocycles. The highest BCUT2D eigenvalue weighted by Crippen LogP contribution is 2.12. The molecule has 0 spiro atoms. The molecule has 7 heteroatoms. The molecule has 1 aromatic carbocycles. The highest BCUT2D eigenvalue weighted by atomic mass is 32.2. The predicted octanol–water partition coefficient (Wildman–Crippen LogP) is 2.86. The highest BCUT2D eigenvalue weighted by molar-refractivity contribution is 7.98. The first-order chi connectivity index (χ1) is 13.0. The van der Waals surface area contributed by atoms with E-state index in [2.05, 4.69) is 5.32 Å². The van der Waals surface area contributed by atoms with E-state index in [1.54, 1.807) is 35.8 Å². The number of ether oxygens (including phenoxy) is 1. The Kier molecular flexibility index (Phi) is 8.26. The molecule has 0 saturated heterocycles. The fourth-order valence-electron chi connectivity index (χ4n) is 2.54. The molecule has 146 valence electrons. The van der Waals surface area contributed by atoms with E-state index in [0.29, 0.717) is 24.5 Å². The van der Waals surface area contributed by atoms with Crippen LogP contribution in [0.3, 0.4) is 0 Å². The lowest BCUT2D eigenvalue weighted by atomic mass is 10.2. The van der Waals surface area contributed by atoms with Crippen LogP contribution in [0.5, 0.6) is 5.75 Å². The molecule has 0 saturated carbocycles. The molecule has 1 atom stereocenters. The lowest BCUT2D eigenvalue weighted by Gasteiger charge is -2.24. The molecule has 2 rings (SSSR count). The van der Waals surface area contributed by atoms with E-state index in [9.17, 15) is 9.59 Å². The minimum Gasteiger partial charge on any atom is -0.484 e. The van der Waals surface area contributed by atoms with E-state index in [1.807, 2.05) is 43.5 Å². The van der Waals surface area contributed by atoms with Crippen LogP contribution in [0.25, 0.3) is 0 Å². The second-order valence-electron chi connectivity index (χ2n) is 6.21. The van der Waals surface area contributed by atoms with Gasteiger partial charge in [0.2, 0.25) is 5.91 Å². The van der Waals surface area contributed by atoms with E-state index < -0.39 is 6.04 Å². The van der Waals surface area contributed by atoms with Gasteiger partial charge in [-0.1, -0.05) is 18.2 Å². The molecule has 0 fully saturated rings. The van der Waals surface area contributed by atoms with Crippen molar-refractivity contribution in [2.75, 3.05) is 25.7 Å². The zero-order chi connectivity index (χ0) is 19.6. The minimum atomic E-state index is -0.592. The number of hydrogen-bond acceptors (Lipinski definition) is 5. The number of nitrogens with one attached hydrogen (secondary N) is 1. The van der Waals surface area contributed by atoms with Crippen LogP contribution in [0.15, 0.2) is 46.9 Å². The number of carbonyl (C=O) groups excluding carboxylic acids is 2. The van der Waals surface area contributed by atoms with Crippen LogP contribution in [0.1, 0.15) is 17.9 Å². The zero-order valence-corrected chi connectivity index (χ0v) is 16.8. The number of para-hydroxylation sites is 1. The van der Waals surface area contributed by atoms with E-state index in [4.69, 9.17) is 9.15 Å². The normalized spacial score (nSPS) is 11.7. The summed E-state index contributed by atoms with van der Waals surface area (Å²) in [7, 11) is 1.71. The summed E-state index contributed by atoms with van der Waals surface area (Å²) >= 11 is 1.63. The van der Waals surface area contributed by atoms with Crippen LogP contribution in [0.4, 0.5) is 0 Å². The highest BCUT2D eigenvalue weighted by Gasteiger charge is 2.24. The van der Waals surface area contributed by atoms with Gasteiger partial charge in [-0.05, 0) is 49.6 Å². The van der Waals surface area contributed by atoms with Gasteiger partial charge in [0.15, 0.2) is 6.61 Å². The second kappa shape index (κ2) is 10.7. The van der Waals surface area contributed by atoms with Crippen molar-refractivity contribution in [3.05, 3.63) is 54.0 Å². The second-order valence-corrected chi connectivity index (χ2v) is 7.20. The molecule has 1 unspecified atom stereocenters. The van der Waals surface area contributed by atoms with Gasteiger partial charge in [-0.25, -0.2) is 0 Å². The first kappa shape index (κ1) is 20.9. The van der Waals surface area contributed by atoms with E-state index >= 15 is 0 Å². The van der Waals surface area contributed by atoms with Gasteiger partial charge in [0.05, 0.1) is 6.54 Å². The van der Waals surface area contributed by atoms with Crippen LogP contribution in [-0.4, -0.2) is 48.4 Å². The van der Waals surface area contributed by atoms with E-state index in [-0.39, 0.29) is 18.4 Å². The summed E-state index contributed by atoms with van der Waals surface area (Å²) in [5, 5.41) is 2.79. The maximum absolute atomic E-state index is 12.8. The SMILES string of the molecule is CSCCC(NC(=O)COc1ccccc1)C(=O)N(C)Cc1ccc(C)o1. The van der Waals surface area contributed by atoms with Gasteiger partial charge in [0.25, 0.3) is 5.91 Å². The van der Waals surface area contributed by atoms with Crippen molar-refractivity contribution in [3.8, 4) is 5.75 Å². The van der Waals surface area contributed by atoms with Crippen molar-refractivity contribution >= 4 is 23.6 Å². The van der Waals surface area contributed by atoms with Gasteiger partial charge in [-0.2, -0.15) is 11.8 Å². The van der Waals surface area contributed by atoms with Crippen molar-refractivity contribution in [3.63, 3.8) is 0 Å². The Balaban J connectivity index is 1.91. The predicted molar refractivity (Wildman–Crippen MR) is 107 cm³/mol. The first-order valence-corrected chi connectivity index (χ1v) is 10.2. The Morgan fingerprint density at radius 2 is 1.96 bits per heavy atom. The summed E-state index contributed by atoms with van der Waals surface area (Å²) in [4.78, 5) is 26.6.